The summed E-state index contributed by atoms with van der Waals surface area (Å²) in [6, 6.07) is 23.4. The Morgan fingerprint density at radius 3 is 2.41 bits per heavy atom. The van der Waals surface area contributed by atoms with E-state index in [1.807, 2.05) is 47.8 Å². The molecule has 1 atom stereocenters. The molecule has 6 nitrogen and oxygen atoms in total. The van der Waals surface area contributed by atoms with Crippen LogP contribution in [0.2, 0.25) is 0 Å². The molecule has 4 aromatic rings. The first-order valence-electron chi connectivity index (χ1n) is 12.7. The van der Waals surface area contributed by atoms with Crippen LogP contribution in [0.3, 0.4) is 0 Å². The van der Waals surface area contributed by atoms with Crippen molar-refractivity contribution in [2.75, 3.05) is 23.3 Å². The van der Waals surface area contributed by atoms with Crippen molar-refractivity contribution in [3.05, 3.63) is 101 Å². The number of nitrogens with zero attached hydrogens (tertiary/aromatic N) is 3. The van der Waals surface area contributed by atoms with Gasteiger partial charge in [0.1, 0.15) is 6.04 Å². The normalized spacial score (nSPS) is 15.9. The van der Waals surface area contributed by atoms with Crippen LogP contribution in [0, 0.1) is 0 Å². The van der Waals surface area contributed by atoms with E-state index in [9.17, 15) is 9.59 Å². The van der Waals surface area contributed by atoms with Crippen LogP contribution < -0.4 is 10.2 Å². The van der Waals surface area contributed by atoms with E-state index >= 15 is 0 Å². The minimum Gasteiger partial charge on any atom is -0.372 e. The fraction of sp³-hybridized carbons (Fsp3) is 0.233. The van der Waals surface area contributed by atoms with Gasteiger partial charge in [0.25, 0.3) is 11.8 Å². The number of hydrogen-bond donors (Lipinski definition) is 1. The van der Waals surface area contributed by atoms with Crippen LogP contribution >= 0.6 is 11.3 Å². The predicted molar refractivity (Wildman–Crippen MR) is 148 cm³/mol. The van der Waals surface area contributed by atoms with Crippen LogP contribution in [0.1, 0.15) is 46.8 Å². The number of anilines is 2. The Morgan fingerprint density at radius 2 is 1.68 bits per heavy atom. The summed E-state index contributed by atoms with van der Waals surface area (Å²) in [6.07, 6.45) is 5.45. The molecule has 1 aromatic heterocycles. The lowest BCUT2D eigenvalue weighted by Crippen LogP contribution is -2.37. The van der Waals surface area contributed by atoms with Gasteiger partial charge in [-0.3, -0.25) is 14.9 Å². The highest BCUT2D eigenvalue weighted by atomic mass is 32.1. The van der Waals surface area contributed by atoms with E-state index in [-0.39, 0.29) is 11.8 Å². The van der Waals surface area contributed by atoms with E-state index in [2.05, 4.69) is 45.5 Å². The van der Waals surface area contributed by atoms with Gasteiger partial charge in [-0.1, -0.05) is 54.6 Å². The maximum absolute atomic E-state index is 13.7. The van der Waals surface area contributed by atoms with Crippen LogP contribution in [0.5, 0.6) is 0 Å². The highest BCUT2D eigenvalue weighted by Crippen LogP contribution is 2.35. The van der Waals surface area contributed by atoms with E-state index < -0.39 is 6.04 Å². The summed E-state index contributed by atoms with van der Waals surface area (Å²) >= 11 is 1.35. The molecule has 186 valence electrons. The van der Waals surface area contributed by atoms with Crippen LogP contribution in [0.15, 0.2) is 84.4 Å². The minimum absolute atomic E-state index is 0.134. The zero-order valence-corrected chi connectivity index (χ0v) is 21.3. The molecule has 2 aliphatic rings. The molecule has 2 amide bonds. The fourth-order valence-electron chi connectivity index (χ4n) is 5.30. The topological polar surface area (TPSA) is 65.5 Å². The van der Waals surface area contributed by atoms with Gasteiger partial charge in [0, 0.05) is 42.5 Å². The van der Waals surface area contributed by atoms with Gasteiger partial charge >= 0.3 is 0 Å². The van der Waals surface area contributed by atoms with Crippen molar-refractivity contribution in [3.63, 3.8) is 0 Å². The molecule has 37 heavy (non-hydrogen) atoms. The number of rotatable bonds is 6. The number of fused-ring (bicyclic) bond motifs is 1. The molecule has 0 bridgehead atoms. The number of benzene rings is 3. The van der Waals surface area contributed by atoms with E-state index in [1.54, 1.807) is 11.1 Å². The highest BCUT2D eigenvalue weighted by Gasteiger charge is 2.37. The molecular weight excluding hydrogens is 480 g/mol. The average Bonchev–Trinajstić information content (AvgIpc) is 3.58. The number of amides is 2. The summed E-state index contributed by atoms with van der Waals surface area (Å²) < 4.78 is 0. The van der Waals surface area contributed by atoms with Crippen molar-refractivity contribution in [3.8, 4) is 11.1 Å². The van der Waals surface area contributed by atoms with Crippen molar-refractivity contribution < 1.29 is 9.59 Å². The number of piperidine rings is 1. The van der Waals surface area contributed by atoms with Gasteiger partial charge in [0.2, 0.25) is 0 Å². The van der Waals surface area contributed by atoms with E-state index in [1.165, 1.54) is 36.3 Å². The first-order valence-corrected chi connectivity index (χ1v) is 13.6. The second-order valence-electron chi connectivity index (χ2n) is 9.54. The van der Waals surface area contributed by atoms with Crippen molar-refractivity contribution in [1.82, 2.24) is 9.88 Å². The zero-order valence-electron chi connectivity index (χ0n) is 20.5. The van der Waals surface area contributed by atoms with Gasteiger partial charge in [0.15, 0.2) is 5.13 Å². The lowest BCUT2D eigenvalue weighted by molar-refractivity contribution is -0.120. The highest BCUT2D eigenvalue weighted by molar-refractivity contribution is 7.13. The molecule has 1 fully saturated rings. The van der Waals surface area contributed by atoms with Crippen molar-refractivity contribution in [2.24, 2.45) is 0 Å². The first kappa shape index (κ1) is 23.4. The van der Waals surface area contributed by atoms with Gasteiger partial charge < -0.3 is 9.80 Å². The van der Waals surface area contributed by atoms with Crippen LogP contribution in [-0.2, 0) is 11.3 Å². The average molecular weight is 509 g/mol. The number of hydrogen-bond acceptors (Lipinski definition) is 5. The van der Waals surface area contributed by atoms with Gasteiger partial charge in [-0.05, 0) is 59.7 Å². The lowest BCUT2D eigenvalue weighted by atomic mass is 10.00. The maximum atomic E-state index is 13.7. The largest absolute Gasteiger partial charge is 0.372 e. The molecule has 0 radical (unpaired) electrons. The monoisotopic (exact) mass is 508 g/mol. The van der Waals surface area contributed by atoms with Gasteiger partial charge in [-0.2, -0.15) is 0 Å². The molecule has 3 heterocycles. The summed E-state index contributed by atoms with van der Waals surface area (Å²) in [5.74, 6) is -0.402. The third-order valence-electron chi connectivity index (χ3n) is 7.20. The van der Waals surface area contributed by atoms with Gasteiger partial charge in [-0.25, -0.2) is 4.98 Å². The standard InChI is InChI=1S/C30H28N4O2S/c35-28(32-30-31-15-18-37-30)27(22-7-3-1-4-8-22)34-20-24-10-9-23(19-26(24)29(34)36)21-11-13-25(14-12-21)33-16-5-2-6-17-33/h1,3-4,7-15,18-19,27H,2,5-6,16-17,20H2,(H,31,32,35). The Balaban J connectivity index is 1.26. The molecule has 0 saturated carbocycles. The number of aromatic nitrogens is 1. The van der Waals surface area contributed by atoms with E-state index in [4.69, 9.17) is 0 Å². The van der Waals surface area contributed by atoms with E-state index in [0.29, 0.717) is 17.2 Å². The van der Waals surface area contributed by atoms with Crippen LogP contribution in [0.4, 0.5) is 10.8 Å². The molecule has 7 heteroatoms. The fourth-order valence-corrected chi connectivity index (χ4v) is 5.83. The Kier molecular flexibility index (Phi) is 6.45. The number of carbonyl (C=O) groups is 2. The molecule has 2 aliphatic heterocycles. The maximum Gasteiger partial charge on any atom is 0.255 e. The SMILES string of the molecule is O=C(Nc1nccs1)C(c1ccccc1)N1Cc2ccc(-c3ccc(N4CCCCC4)cc3)cc2C1=O. The quantitative estimate of drug-likeness (QED) is 0.340. The Bertz CT molecular complexity index is 1400. The van der Waals surface area contributed by atoms with Crippen LogP contribution in [-0.4, -0.2) is 34.8 Å². The van der Waals surface area contributed by atoms with Crippen molar-refractivity contribution in [1.29, 1.82) is 0 Å². The second kappa shape index (κ2) is 10.2. The van der Waals surface area contributed by atoms with Crippen molar-refractivity contribution >= 4 is 34.0 Å². The second-order valence-corrected chi connectivity index (χ2v) is 10.4. The van der Waals surface area contributed by atoms with Gasteiger partial charge in [-0.15, -0.1) is 11.3 Å². The van der Waals surface area contributed by atoms with Crippen LogP contribution in [0.25, 0.3) is 11.1 Å². The van der Waals surface area contributed by atoms with Gasteiger partial charge in [0.05, 0.1) is 0 Å². The lowest BCUT2D eigenvalue weighted by Gasteiger charge is -2.28. The Hall–Kier alpha value is -3.97. The molecular formula is C30H28N4O2S. The number of thiazole rings is 1. The first-order chi connectivity index (χ1) is 18.2. The Morgan fingerprint density at radius 1 is 0.919 bits per heavy atom. The molecule has 3 aromatic carbocycles. The zero-order chi connectivity index (χ0) is 25.2. The summed E-state index contributed by atoms with van der Waals surface area (Å²) in [5, 5.41) is 5.21. The molecule has 0 aliphatic carbocycles. The minimum atomic E-state index is -0.753. The molecule has 1 saturated heterocycles. The predicted octanol–water partition coefficient (Wildman–Crippen LogP) is 6.14. The van der Waals surface area contributed by atoms with Crippen molar-refractivity contribution in [2.45, 2.75) is 31.8 Å². The third kappa shape index (κ3) is 4.74. The summed E-state index contributed by atoms with van der Waals surface area (Å²) in [4.78, 5) is 35.4. The molecule has 6 rings (SSSR count). The summed E-state index contributed by atoms with van der Waals surface area (Å²) in [6.45, 7) is 2.61. The molecule has 1 unspecified atom stereocenters. The Labute approximate surface area is 220 Å². The molecule has 0 spiro atoms. The molecule has 1 N–H and O–H groups in total. The third-order valence-corrected chi connectivity index (χ3v) is 7.89. The smallest absolute Gasteiger partial charge is 0.255 e. The number of carbonyl (C=O) groups excluding carboxylic acids is 2. The summed E-state index contributed by atoms with van der Waals surface area (Å²) in [7, 11) is 0. The number of nitrogens with one attached hydrogen (secondary N) is 1. The summed E-state index contributed by atoms with van der Waals surface area (Å²) in [5.41, 5.74) is 5.69. The van der Waals surface area contributed by atoms with E-state index in [0.717, 1.165) is 35.3 Å².